The summed E-state index contributed by atoms with van der Waals surface area (Å²) in [5.74, 6) is -0.178. The van der Waals surface area contributed by atoms with Gasteiger partial charge in [-0.1, -0.05) is 48.5 Å². The van der Waals surface area contributed by atoms with Crippen molar-refractivity contribution in [2.24, 2.45) is 0 Å². The molecule has 1 heterocycles. The van der Waals surface area contributed by atoms with Crippen LogP contribution in [0.2, 0.25) is 0 Å². The third kappa shape index (κ3) is 7.29. The monoisotopic (exact) mass is 381 g/mol. The summed E-state index contributed by atoms with van der Waals surface area (Å²) in [5.41, 5.74) is 2.11. The number of nitrogens with zero attached hydrogens (tertiary/aromatic N) is 1. The maximum Gasteiger partial charge on any atom is 0.333 e. The maximum absolute atomic E-state index is 10.9. The van der Waals surface area contributed by atoms with E-state index in [0.717, 1.165) is 17.9 Å². The van der Waals surface area contributed by atoms with Crippen LogP contribution < -0.4 is 4.74 Å². The zero-order valence-electron chi connectivity index (χ0n) is 16.3. The lowest BCUT2D eigenvalue weighted by Gasteiger charge is -2.12. The van der Waals surface area contributed by atoms with Gasteiger partial charge in [0.05, 0.1) is 6.54 Å². The molecule has 0 aliphatic heterocycles. The van der Waals surface area contributed by atoms with Gasteiger partial charge in [0.25, 0.3) is 0 Å². The second-order valence-electron chi connectivity index (χ2n) is 6.26. The molecule has 1 N–H and O–H groups in total. The van der Waals surface area contributed by atoms with Crippen molar-refractivity contribution < 1.29 is 19.4 Å². The minimum absolute atomic E-state index is 0.342. The Morgan fingerprint density at radius 2 is 1.61 bits per heavy atom. The van der Waals surface area contributed by atoms with Crippen molar-refractivity contribution in [3.05, 3.63) is 90.3 Å². The number of aryl methyl sites for hydroxylation is 1. The SMILES string of the molecule is COC(Cc1ccc(OCCn2cccc2C)cc1)C(=O)O.c1ccccc1. The molecule has 0 aliphatic carbocycles. The Labute approximate surface area is 166 Å². The number of rotatable bonds is 8. The predicted octanol–water partition coefficient (Wildman–Crippen LogP) is 4.20. The topological polar surface area (TPSA) is 60.7 Å². The molecule has 0 saturated carbocycles. The first kappa shape index (κ1) is 21.3. The molecular formula is C23H27NO4. The molecule has 5 nitrogen and oxygen atoms in total. The standard InChI is InChI=1S/C17H21NO4.C6H6/c1-13-4-3-9-18(13)10-11-22-15-7-5-14(6-8-15)12-16(21-2)17(19)20;1-2-4-6-5-3-1/h3-9,16H,10-12H2,1-2H3,(H,19,20);1-6H. The minimum Gasteiger partial charge on any atom is -0.492 e. The molecule has 148 valence electrons. The third-order valence-corrected chi connectivity index (χ3v) is 4.23. The molecule has 0 fully saturated rings. The van der Waals surface area contributed by atoms with Gasteiger partial charge < -0.3 is 19.1 Å². The van der Waals surface area contributed by atoms with Crippen molar-refractivity contribution in [1.82, 2.24) is 4.57 Å². The minimum atomic E-state index is -0.954. The van der Waals surface area contributed by atoms with Gasteiger partial charge in [-0.25, -0.2) is 4.79 Å². The van der Waals surface area contributed by atoms with Gasteiger partial charge in [-0.15, -0.1) is 0 Å². The van der Waals surface area contributed by atoms with E-state index < -0.39 is 12.1 Å². The molecule has 0 spiro atoms. The zero-order valence-corrected chi connectivity index (χ0v) is 16.3. The molecule has 3 rings (SSSR count). The molecule has 0 bridgehead atoms. The van der Waals surface area contributed by atoms with Crippen LogP contribution in [0.3, 0.4) is 0 Å². The number of methoxy groups -OCH3 is 1. The molecule has 0 aliphatic rings. The van der Waals surface area contributed by atoms with Crippen molar-refractivity contribution in [3.8, 4) is 5.75 Å². The van der Waals surface area contributed by atoms with Crippen molar-refractivity contribution in [3.63, 3.8) is 0 Å². The number of carboxylic acid groups (broad SMARTS) is 1. The number of ether oxygens (including phenoxy) is 2. The number of carbonyl (C=O) groups is 1. The average molecular weight is 381 g/mol. The van der Waals surface area contributed by atoms with E-state index in [1.54, 1.807) is 0 Å². The molecule has 28 heavy (non-hydrogen) atoms. The first-order valence-corrected chi connectivity index (χ1v) is 9.19. The van der Waals surface area contributed by atoms with Gasteiger partial charge in [0, 0.05) is 25.4 Å². The predicted molar refractivity (Wildman–Crippen MR) is 110 cm³/mol. The summed E-state index contributed by atoms with van der Waals surface area (Å²) in [6, 6.07) is 23.5. The van der Waals surface area contributed by atoms with E-state index in [2.05, 4.69) is 17.6 Å². The first-order valence-electron chi connectivity index (χ1n) is 9.19. The Morgan fingerprint density at radius 1 is 1.00 bits per heavy atom. The molecule has 0 radical (unpaired) electrons. The van der Waals surface area contributed by atoms with Crippen LogP contribution >= 0.6 is 0 Å². The normalized spacial score (nSPS) is 11.2. The summed E-state index contributed by atoms with van der Waals surface area (Å²) in [7, 11) is 1.40. The highest BCUT2D eigenvalue weighted by molar-refractivity contribution is 5.72. The highest BCUT2D eigenvalue weighted by Gasteiger charge is 2.16. The van der Waals surface area contributed by atoms with Gasteiger partial charge in [0.2, 0.25) is 0 Å². The molecule has 3 aromatic rings. The highest BCUT2D eigenvalue weighted by atomic mass is 16.5. The van der Waals surface area contributed by atoms with E-state index in [4.69, 9.17) is 14.6 Å². The van der Waals surface area contributed by atoms with Crippen LogP contribution in [0, 0.1) is 6.92 Å². The molecule has 1 unspecified atom stereocenters. The maximum atomic E-state index is 10.9. The first-order chi connectivity index (χ1) is 13.6. The molecule has 2 aromatic carbocycles. The molecule has 5 heteroatoms. The largest absolute Gasteiger partial charge is 0.492 e. The Hall–Kier alpha value is -3.05. The van der Waals surface area contributed by atoms with Crippen molar-refractivity contribution in [1.29, 1.82) is 0 Å². The Balaban J connectivity index is 0.000000397. The van der Waals surface area contributed by atoms with Crippen LogP contribution in [0.1, 0.15) is 11.3 Å². The number of benzene rings is 2. The fourth-order valence-electron chi connectivity index (χ4n) is 2.60. The van der Waals surface area contributed by atoms with Crippen LogP contribution in [0.5, 0.6) is 5.75 Å². The summed E-state index contributed by atoms with van der Waals surface area (Å²) >= 11 is 0. The van der Waals surface area contributed by atoms with Crippen molar-refractivity contribution >= 4 is 5.97 Å². The third-order valence-electron chi connectivity index (χ3n) is 4.23. The lowest BCUT2D eigenvalue weighted by atomic mass is 10.1. The Morgan fingerprint density at radius 3 is 2.07 bits per heavy atom. The zero-order chi connectivity index (χ0) is 20.2. The lowest BCUT2D eigenvalue weighted by Crippen LogP contribution is -2.24. The molecule has 0 saturated heterocycles. The highest BCUT2D eigenvalue weighted by Crippen LogP contribution is 2.14. The van der Waals surface area contributed by atoms with Crippen LogP contribution in [-0.2, 0) is 22.5 Å². The number of carboxylic acids is 1. The Bertz CT molecular complexity index is 785. The number of hydrogen-bond donors (Lipinski definition) is 1. The quantitative estimate of drug-likeness (QED) is 0.635. The van der Waals surface area contributed by atoms with Crippen molar-refractivity contribution in [2.45, 2.75) is 26.0 Å². The second kappa shape index (κ2) is 11.6. The van der Waals surface area contributed by atoms with E-state index in [9.17, 15) is 4.79 Å². The summed E-state index contributed by atoms with van der Waals surface area (Å²) in [4.78, 5) is 10.9. The molecule has 1 aromatic heterocycles. The fraction of sp³-hybridized carbons (Fsp3) is 0.261. The van der Waals surface area contributed by atoms with E-state index in [-0.39, 0.29) is 0 Å². The lowest BCUT2D eigenvalue weighted by molar-refractivity contribution is -0.148. The van der Waals surface area contributed by atoms with Gasteiger partial charge in [-0.2, -0.15) is 0 Å². The number of aromatic nitrogens is 1. The van der Waals surface area contributed by atoms with Crippen molar-refractivity contribution in [2.75, 3.05) is 13.7 Å². The fourth-order valence-corrected chi connectivity index (χ4v) is 2.60. The smallest absolute Gasteiger partial charge is 0.333 e. The van der Waals surface area contributed by atoms with Crippen LogP contribution in [0.4, 0.5) is 0 Å². The van der Waals surface area contributed by atoms with Gasteiger partial charge in [0.1, 0.15) is 12.4 Å². The van der Waals surface area contributed by atoms with Crippen LogP contribution in [0.25, 0.3) is 0 Å². The molecule has 1 atom stereocenters. The molecular weight excluding hydrogens is 354 g/mol. The summed E-state index contributed by atoms with van der Waals surface area (Å²) < 4.78 is 12.8. The van der Waals surface area contributed by atoms with Gasteiger partial charge in [-0.3, -0.25) is 0 Å². The summed E-state index contributed by atoms with van der Waals surface area (Å²) in [6.07, 6.45) is 1.55. The Kier molecular flexibility index (Phi) is 8.82. The van der Waals surface area contributed by atoms with Gasteiger partial charge >= 0.3 is 5.97 Å². The van der Waals surface area contributed by atoms with E-state index in [1.165, 1.54) is 12.8 Å². The number of aliphatic carboxylic acids is 1. The van der Waals surface area contributed by atoms with Gasteiger partial charge in [0.15, 0.2) is 6.10 Å². The van der Waals surface area contributed by atoms with Crippen LogP contribution in [0.15, 0.2) is 79.0 Å². The van der Waals surface area contributed by atoms with E-state index in [1.807, 2.05) is 72.9 Å². The van der Waals surface area contributed by atoms with Crippen LogP contribution in [-0.4, -0.2) is 35.5 Å². The van der Waals surface area contributed by atoms with E-state index >= 15 is 0 Å². The summed E-state index contributed by atoms with van der Waals surface area (Å²) in [6.45, 7) is 3.44. The average Bonchev–Trinajstić information content (AvgIpc) is 3.13. The number of hydrogen-bond acceptors (Lipinski definition) is 3. The van der Waals surface area contributed by atoms with E-state index in [0.29, 0.717) is 13.0 Å². The van der Waals surface area contributed by atoms with Gasteiger partial charge in [-0.05, 0) is 36.8 Å². The summed E-state index contributed by atoms with van der Waals surface area (Å²) in [5, 5.41) is 8.97. The molecule has 0 amide bonds. The second-order valence-corrected chi connectivity index (χ2v) is 6.26.